The first-order valence-electron chi connectivity index (χ1n) is 6.71. The molecule has 0 aromatic heterocycles. The number of amides is 1. The van der Waals surface area contributed by atoms with Crippen LogP contribution >= 0.6 is 11.8 Å². The summed E-state index contributed by atoms with van der Waals surface area (Å²) in [6.45, 7) is 0. The minimum Gasteiger partial charge on any atom is -0.353 e. The quantitative estimate of drug-likeness (QED) is 0.813. The summed E-state index contributed by atoms with van der Waals surface area (Å²) in [7, 11) is 0. The summed E-state index contributed by atoms with van der Waals surface area (Å²) >= 11 is 1.39. The van der Waals surface area contributed by atoms with Gasteiger partial charge in [-0.15, -0.1) is 11.8 Å². The first kappa shape index (κ1) is 14.1. The molecule has 0 saturated heterocycles. The Morgan fingerprint density at radius 1 is 1.11 bits per heavy atom. The summed E-state index contributed by atoms with van der Waals surface area (Å²) < 4.78 is 0. The van der Waals surface area contributed by atoms with Crippen molar-refractivity contribution < 1.29 is 9.59 Å². The third-order valence-electron chi connectivity index (χ3n) is 3.28. The summed E-state index contributed by atoms with van der Waals surface area (Å²) in [5.41, 5.74) is 0.714. The zero-order chi connectivity index (χ0) is 13.5. The number of thioether (sulfide) groups is 1. The van der Waals surface area contributed by atoms with Gasteiger partial charge in [-0.05, 0) is 12.8 Å². The average Bonchev–Trinajstić information content (AvgIpc) is 2.92. The Bertz CT molecular complexity index is 427. The van der Waals surface area contributed by atoms with Gasteiger partial charge in [0.05, 0.1) is 11.5 Å². The van der Waals surface area contributed by atoms with E-state index in [-0.39, 0.29) is 11.7 Å². The van der Waals surface area contributed by atoms with Crippen LogP contribution in [0.25, 0.3) is 0 Å². The van der Waals surface area contributed by atoms with E-state index in [1.165, 1.54) is 24.6 Å². The summed E-state index contributed by atoms with van der Waals surface area (Å²) in [4.78, 5) is 23.5. The van der Waals surface area contributed by atoms with Crippen LogP contribution in [0, 0.1) is 0 Å². The Morgan fingerprint density at radius 2 is 1.79 bits per heavy atom. The lowest BCUT2D eigenvalue weighted by molar-refractivity contribution is -0.119. The summed E-state index contributed by atoms with van der Waals surface area (Å²) in [5, 5.41) is 3.02. The molecule has 0 atom stereocenters. The minimum atomic E-state index is 0.0535. The molecule has 3 nitrogen and oxygen atoms in total. The molecule has 19 heavy (non-hydrogen) atoms. The van der Waals surface area contributed by atoms with E-state index < -0.39 is 0 Å². The molecule has 1 fully saturated rings. The zero-order valence-corrected chi connectivity index (χ0v) is 11.7. The number of benzene rings is 1. The Labute approximate surface area is 118 Å². The van der Waals surface area contributed by atoms with Crippen LogP contribution in [0.4, 0.5) is 0 Å². The van der Waals surface area contributed by atoms with Crippen LogP contribution in [-0.4, -0.2) is 29.2 Å². The maximum atomic E-state index is 11.8. The van der Waals surface area contributed by atoms with Gasteiger partial charge in [-0.2, -0.15) is 0 Å². The first-order chi connectivity index (χ1) is 9.25. The van der Waals surface area contributed by atoms with Crippen LogP contribution in [-0.2, 0) is 4.79 Å². The average molecular weight is 277 g/mol. The van der Waals surface area contributed by atoms with Crippen molar-refractivity contribution in [2.75, 3.05) is 11.5 Å². The van der Waals surface area contributed by atoms with Gasteiger partial charge < -0.3 is 5.32 Å². The Morgan fingerprint density at radius 3 is 2.47 bits per heavy atom. The largest absolute Gasteiger partial charge is 0.353 e. The highest BCUT2D eigenvalue weighted by molar-refractivity contribution is 8.00. The molecule has 0 radical (unpaired) electrons. The van der Waals surface area contributed by atoms with E-state index >= 15 is 0 Å². The van der Waals surface area contributed by atoms with Gasteiger partial charge in [-0.25, -0.2) is 0 Å². The molecule has 0 unspecified atom stereocenters. The molecule has 0 bridgehead atoms. The number of Topliss-reactive ketones (excluding diaryl/α,β-unsaturated/α-hetero) is 1. The molecule has 0 heterocycles. The molecule has 4 heteroatoms. The Hall–Kier alpha value is -1.29. The van der Waals surface area contributed by atoms with Gasteiger partial charge in [-0.3, -0.25) is 9.59 Å². The lowest BCUT2D eigenvalue weighted by Crippen LogP contribution is -2.34. The van der Waals surface area contributed by atoms with Gasteiger partial charge in [0.25, 0.3) is 0 Å². The minimum absolute atomic E-state index is 0.0535. The number of hydrogen-bond donors (Lipinski definition) is 1. The summed E-state index contributed by atoms with van der Waals surface area (Å²) in [6, 6.07) is 9.56. The zero-order valence-electron chi connectivity index (χ0n) is 10.9. The highest BCUT2D eigenvalue weighted by Crippen LogP contribution is 2.17. The second-order valence-corrected chi connectivity index (χ2v) is 5.82. The number of carbonyl (C=O) groups is 2. The molecule has 1 aliphatic carbocycles. The summed E-state index contributed by atoms with van der Waals surface area (Å²) in [6.07, 6.45) is 4.62. The normalized spacial score (nSPS) is 15.4. The van der Waals surface area contributed by atoms with E-state index in [1.54, 1.807) is 0 Å². The van der Waals surface area contributed by atoms with Crippen molar-refractivity contribution >= 4 is 23.5 Å². The molecule has 1 N–H and O–H groups in total. The predicted molar refractivity (Wildman–Crippen MR) is 78.5 cm³/mol. The number of hydrogen-bond acceptors (Lipinski definition) is 3. The molecule has 102 valence electrons. The second kappa shape index (κ2) is 7.34. The molecule has 1 aliphatic rings. The standard InChI is InChI=1S/C15H19NO2S/c17-14(12-6-2-1-3-7-12)10-19-11-15(18)16-13-8-4-5-9-13/h1-3,6-7,13H,4-5,8-11H2,(H,16,18). The van der Waals surface area contributed by atoms with Crippen LogP contribution in [0.3, 0.4) is 0 Å². The lowest BCUT2D eigenvalue weighted by Gasteiger charge is -2.11. The second-order valence-electron chi connectivity index (χ2n) is 4.83. The van der Waals surface area contributed by atoms with Gasteiger partial charge >= 0.3 is 0 Å². The van der Waals surface area contributed by atoms with Crippen molar-refractivity contribution in [1.82, 2.24) is 5.32 Å². The van der Waals surface area contributed by atoms with E-state index in [2.05, 4.69) is 5.32 Å². The van der Waals surface area contributed by atoms with Crippen LogP contribution in [0.5, 0.6) is 0 Å². The van der Waals surface area contributed by atoms with Crippen LogP contribution in [0.1, 0.15) is 36.0 Å². The molecular weight excluding hydrogens is 258 g/mol. The van der Waals surface area contributed by atoms with Crippen molar-refractivity contribution in [3.8, 4) is 0 Å². The van der Waals surface area contributed by atoms with Gasteiger partial charge in [-0.1, -0.05) is 43.2 Å². The van der Waals surface area contributed by atoms with Crippen LogP contribution in [0.15, 0.2) is 30.3 Å². The molecule has 1 saturated carbocycles. The molecule has 2 rings (SSSR count). The first-order valence-corrected chi connectivity index (χ1v) is 7.86. The number of ketones is 1. The Kier molecular flexibility index (Phi) is 5.45. The molecule has 1 aromatic rings. The number of rotatable bonds is 6. The fourth-order valence-electron chi connectivity index (χ4n) is 2.28. The van der Waals surface area contributed by atoms with Gasteiger partial charge in [0.15, 0.2) is 5.78 Å². The van der Waals surface area contributed by atoms with E-state index in [4.69, 9.17) is 0 Å². The maximum Gasteiger partial charge on any atom is 0.230 e. The number of carbonyl (C=O) groups excluding carboxylic acids is 2. The molecule has 0 aliphatic heterocycles. The van der Waals surface area contributed by atoms with Gasteiger partial charge in [0.2, 0.25) is 5.91 Å². The maximum absolute atomic E-state index is 11.8. The van der Waals surface area contributed by atoms with E-state index in [0.717, 1.165) is 12.8 Å². The van der Waals surface area contributed by atoms with Crippen LogP contribution < -0.4 is 5.32 Å². The topological polar surface area (TPSA) is 46.2 Å². The van der Waals surface area contributed by atoms with E-state index in [9.17, 15) is 9.59 Å². The van der Waals surface area contributed by atoms with Crippen molar-refractivity contribution in [2.45, 2.75) is 31.7 Å². The smallest absolute Gasteiger partial charge is 0.230 e. The molecular formula is C15H19NO2S. The lowest BCUT2D eigenvalue weighted by atomic mass is 10.2. The van der Waals surface area contributed by atoms with Crippen molar-refractivity contribution in [2.24, 2.45) is 0 Å². The third-order valence-corrected chi connectivity index (χ3v) is 4.21. The molecule has 1 amide bonds. The fraction of sp³-hybridized carbons (Fsp3) is 0.467. The van der Waals surface area contributed by atoms with Crippen LogP contribution in [0.2, 0.25) is 0 Å². The molecule has 0 spiro atoms. The molecule has 1 aromatic carbocycles. The van der Waals surface area contributed by atoms with Crippen molar-refractivity contribution in [3.05, 3.63) is 35.9 Å². The van der Waals surface area contributed by atoms with Gasteiger partial charge in [0, 0.05) is 11.6 Å². The predicted octanol–water partition coefficient (Wildman–Crippen LogP) is 2.66. The van der Waals surface area contributed by atoms with Crippen molar-refractivity contribution in [3.63, 3.8) is 0 Å². The number of nitrogens with one attached hydrogen (secondary N) is 1. The SMILES string of the molecule is O=C(CSCC(=O)c1ccccc1)NC1CCCC1. The van der Waals surface area contributed by atoms with E-state index in [1.807, 2.05) is 30.3 Å². The highest BCUT2D eigenvalue weighted by Gasteiger charge is 2.17. The fourth-order valence-corrected chi connectivity index (χ4v) is 3.01. The Balaban J connectivity index is 1.65. The van der Waals surface area contributed by atoms with E-state index in [0.29, 0.717) is 23.1 Å². The monoisotopic (exact) mass is 277 g/mol. The van der Waals surface area contributed by atoms with Gasteiger partial charge in [0.1, 0.15) is 0 Å². The third kappa shape index (κ3) is 4.71. The van der Waals surface area contributed by atoms with Crippen molar-refractivity contribution in [1.29, 1.82) is 0 Å². The summed E-state index contributed by atoms with van der Waals surface area (Å²) in [5.74, 6) is 0.869. The highest BCUT2D eigenvalue weighted by atomic mass is 32.2.